The second kappa shape index (κ2) is 3.38. The number of rotatable bonds is 1. The van der Waals surface area contributed by atoms with Gasteiger partial charge in [-0.15, -0.1) is 10.2 Å². The summed E-state index contributed by atoms with van der Waals surface area (Å²) in [7, 11) is 0. The first-order chi connectivity index (χ1) is 6.68. The lowest BCUT2D eigenvalue weighted by Crippen LogP contribution is -1.86. The Labute approximate surface area is 86.6 Å². The standard InChI is InChI=1S/C10H11N3S/c1-6-4-3-5-7(2)8(6)9-12-13-10(11)14-9/h3-5H,1-2H3,(H2,11,13). The van der Waals surface area contributed by atoms with Crippen LogP contribution in [0.15, 0.2) is 18.2 Å². The molecule has 4 heteroatoms. The van der Waals surface area contributed by atoms with Crippen LogP contribution in [0, 0.1) is 13.8 Å². The highest BCUT2D eigenvalue weighted by Crippen LogP contribution is 2.30. The molecule has 3 nitrogen and oxygen atoms in total. The number of aromatic nitrogens is 2. The summed E-state index contributed by atoms with van der Waals surface area (Å²) >= 11 is 1.42. The third kappa shape index (κ3) is 1.48. The summed E-state index contributed by atoms with van der Waals surface area (Å²) in [5.41, 5.74) is 9.13. The van der Waals surface area contributed by atoms with Crippen LogP contribution >= 0.6 is 11.3 Å². The van der Waals surface area contributed by atoms with Crippen LogP contribution in [0.3, 0.4) is 0 Å². The van der Waals surface area contributed by atoms with Crippen LogP contribution in [-0.2, 0) is 0 Å². The van der Waals surface area contributed by atoms with Gasteiger partial charge in [-0.3, -0.25) is 0 Å². The van der Waals surface area contributed by atoms with Crippen molar-refractivity contribution in [3.63, 3.8) is 0 Å². The molecule has 2 aromatic rings. The first-order valence-electron chi connectivity index (χ1n) is 4.34. The molecule has 1 aromatic carbocycles. The summed E-state index contributed by atoms with van der Waals surface area (Å²) in [6.07, 6.45) is 0. The van der Waals surface area contributed by atoms with Crippen LogP contribution in [0.25, 0.3) is 10.6 Å². The minimum absolute atomic E-state index is 0.516. The van der Waals surface area contributed by atoms with Crippen LogP contribution < -0.4 is 5.73 Å². The summed E-state index contributed by atoms with van der Waals surface area (Å²) in [4.78, 5) is 0. The fourth-order valence-electron chi connectivity index (χ4n) is 1.49. The molecule has 0 saturated heterocycles. The Bertz CT molecular complexity index is 442. The molecule has 14 heavy (non-hydrogen) atoms. The lowest BCUT2D eigenvalue weighted by atomic mass is 10.0. The molecular formula is C10H11N3S. The van der Waals surface area contributed by atoms with Crippen LogP contribution in [0.2, 0.25) is 0 Å². The third-order valence-corrected chi connectivity index (χ3v) is 2.91. The molecule has 1 heterocycles. The van der Waals surface area contributed by atoms with E-state index in [0.29, 0.717) is 5.13 Å². The molecule has 0 atom stereocenters. The topological polar surface area (TPSA) is 51.8 Å². The van der Waals surface area contributed by atoms with Gasteiger partial charge in [0.1, 0.15) is 5.01 Å². The molecule has 0 bridgehead atoms. The number of hydrogen-bond acceptors (Lipinski definition) is 4. The zero-order valence-corrected chi connectivity index (χ0v) is 8.93. The molecule has 1 aromatic heterocycles. The van der Waals surface area contributed by atoms with Crippen molar-refractivity contribution in [1.29, 1.82) is 0 Å². The van der Waals surface area contributed by atoms with E-state index in [2.05, 4.69) is 36.2 Å². The predicted molar refractivity (Wildman–Crippen MR) is 59.2 cm³/mol. The van der Waals surface area contributed by atoms with E-state index in [1.54, 1.807) is 0 Å². The SMILES string of the molecule is Cc1cccc(C)c1-c1nnc(N)s1. The van der Waals surface area contributed by atoms with E-state index in [0.717, 1.165) is 10.6 Å². The molecule has 0 aliphatic carbocycles. The fourth-order valence-corrected chi connectivity index (χ4v) is 2.27. The number of benzene rings is 1. The van der Waals surface area contributed by atoms with Crippen molar-refractivity contribution >= 4 is 16.5 Å². The number of aryl methyl sites for hydroxylation is 2. The van der Waals surface area contributed by atoms with Gasteiger partial charge in [0.15, 0.2) is 0 Å². The minimum Gasteiger partial charge on any atom is -0.374 e. The van der Waals surface area contributed by atoms with Gasteiger partial charge >= 0.3 is 0 Å². The molecule has 0 spiro atoms. The Morgan fingerprint density at radius 1 is 1.14 bits per heavy atom. The molecule has 2 rings (SSSR count). The zero-order chi connectivity index (χ0) is 10.1. The van der Waals surface area contributed by atoms with Crippen molar-refractivity contribution in [2.24, 2.45) is 0 Å². The van der Waals surface area contributed by atoms with Crippen molar-refractivity contribution in [3.8, 4) is 10.6 Å². The predicted octanol–water partition coefficient (Wildman–Crippen LogP) is 2.40. The zero-order valence-electron chi connectivity index (χ0n) is 8.11. The van der Waals surface area contributed by atoms with Crippen molar-refractivity contribution in [2.45, 2.75) is 13.8 Å². The lowest BCUT2D eigenvalue weighted by Gasteiger charge is -2.04. The molecule has 0 saturated carbocycles. The number of hydrogen-bond donors (Lipinski definition) is 1. The highest BCUT2D eigenvalue weighted by molar-refractivity contribution is 7.18. The molecule has 0 fully saturated rings. The molecule has 0 unspecified atom stereocenters. The van der Waals surface area contributed by atoms with E-state index in [1.165, 1.54) is 22.5 Å². The monoisotopic (exact) mass is 205 g/mol. The van der Waals surface area contributed by atoms with Crippen LogP contribution in [0.1, 0.15) is 11.1 Å². The molecule has 2 N–H and O–H groups in total. The lowest BCUT2D eigenvalue weighted by molar-refractivity contribution is 1.10. The van der Waals surface area contributed by atoms with Gasteiger partial charge in [0.2, 0.25) is 5.13 Å². The van der Waals surface area contributed by atoms with Crippen molar-refractivity contribution < 1.29 is 0 Å². The Morgan fingerprint density at radius 2 is 1.79 bits per heavy atom. The van der Waals surface area contributed by atoms with Gasteiger partial charge < -0.3 is 5.73 Å². The van der Waals surface area contributed by atoms with E-state index in [4.69, 9.17) is 5.73 Å². The maximum atomic E-state index is 5.56. The molecule has 0 aliphatic heterocycles. The maximum absolute atomic E-state index is 5.56. The summed E-state index contributed by atoms with van der Waals surface area (Å²) < 4.78 is 0. The molecule has 0 aliphatic rings. The number of anilines is 1. The minimum atomic E-state index is 0.516. The van der Waals surface area contributed by atoms with Crippen LogP contribution in [-0.4, -0.2) is 10.2 Å². The Hall–Kier alpha value is -1.42. The largest absolute Gasteiger partial charge is 0.374 e. The molecule has 0 radical (unpaired) electrons. The number of nitrogen functional groups attached to an aromatic ring is 1. The van der Waals surface area contributed by atoms with E-state index < -0.39 is 0 Å². The molecular weight excluding hydrogens is 194 g/mol. The van der Waals surface area contributed by atoms with E-state index in [1.807, 2.05) is 6.07 Å². The van der Waals surface area contributed by atoms with E-state index in [-0.39, 0.29) is 0 Å². The summed E-state index contributed by atoms with van der Waals surface area (Å²) in [6.45, 7) is 4.14. The van der Waals surface area contributed by atoms with E-state index in [9.17, 15) is 0 Å². The van der Waals surface area contributed by atoms with Crippen molar-refractivity contribution in [3.05, 3.63) is 29.3 Å². The second-order valence-corrected chi connectivity index (χ2v) is 4.22. The van der Waals surface area contributed by atoms with E-state index >= 15 is 0 Å². The highest BCUT2D eigenvalue weighted by Gasteiger charge is 2.09. The summed E-state index contributed by atoms with van der Waals surface area (Å²) in [5, 5.41) is 9.29. The number of nitrogens with two attached hydrogens (primary N) is 1. The average Bonchev–Trinajstić information content (AvgIpc) is 2.51. The Morgan fingerprint density at radius 3 is 2.29 bits per heavy atom. The second-order valence-electron chi connectivity index (χ2n) is 3.21. The van der Waals surface area contributed by atoms with Gasteiger partial charge in [-0.1, -0.05) is 29.5 Å². The highest BCUT2D eigenvalue weighted by atomic mass is 32.1. The average molecular weight is 205 g/mol. The van der Waals surface area contributed by atoms with Gasteiger partial charge in [0.25, 0.3) is 0 Å². The smallest absolute Gasteiger partial charge is 0.203 e. The fraction of sp³-hybridized carbons (Fsp3) is 0.200. The van der Waals surface area contributed by atoms with Gasteiger partial charge in [-0.2, -0.15) is 0 Å². The first-order valence-corrected chi connectivity index (χ1v) is 5.15. The normalized spacial score (nSPS) is 10.4. The van der Waals surface area contributed by atoms with Gasteiger partial charge in [-0.25, -0.2) is 0 Å². The van der Waals surface area contributed by atoms with Crippen molar-refractivity contribution in [2.75, 3.05) is 5.73 Å². The Kier molecular flexibility index (Phi) is 2.21. The maximum Gasteiger partial charge on any atom is 0.203 e. The van der Waals surface area contributed by atoms with Crippen molar-refractivity contribution in [1.82, 2.24) is 10.2 Å². The van der Waals surface area contributed by atoms with Crippen LogP contribution in [0.4, 0.5) is 5.13 Å². The van der Waals surface area contributed by atoms with Gasteiger partial charge in [0.05, 0.1) is 0 Å². The van der Waals surface area contributed by atoms with Crippen LogP contribution in [0.5, 0.6) is 0 Å². The van der Waals surface area contributed by atoms with Gasteiger partial charge in [-0.05, 0) is 25.0 Å². The Balaban J connectivity index is 2.61. The third-order valence-electron chi connectivity index (χ3n) is 2.14. The quantitative estimate of drug-likeness (QED) is 0.777. The molecule has 72 valence electrons. The summed E-state index contributed by atoms with van der Waals surface area (Å²) in [6, 6.07) is 6.18. The molecule has 0 amide bonds. The first kappa shape index (κ1) is 9.15. The summed E-state index contributed by atoms with van der Waals surface area (Å²) in [5.74, 6) is 0. The van der Waals surface area contributed by atoms with Gasteiger partial charge in [0, 0.05) is 5.56 Å². The number of nitrogens with zero attached hydrogens (tertiary/aromatic N) is 2.